The standard InChI is InChI=1S/ClH.NO.5H3N.Ru/c;1-2;;;;;;/h1H;;5*1H3;/q;-1;;;;;;+1. The predicted octanol–water partition coefficient (Wildman–Crippen LogP) is 1.55. The van der Waals surface area contributed by atoms with E-state index in [0.717, 1.165) is 0 Å². The Morgan fingerprint density at radius 3 is 0.667 bits per heavy atom. The summed E-state index contributed by atoms with van der Waals surface area (Å²) in [6, 6.07) is 0. The SMILES string of the molecule is Cl.N.N.N.N.N.[N-]=O.[Ru+]. The Bertz CT molecular complexity index is 13.0. The predicted molar refractivity (Wildman–Crippen MR) is 39.1 cm³/mol. The summed E-state index contributed by atoms with van der Waals surface area (Å²) in [6.45, 7) is 0. The van der Waals surface area contributed by atoms with Crippen LogP contribution < -0.4 is 30.8 Å². The van der Waals surface area contributed by atoms with E-state index < -0.39 is 0 Å². The maximum absolute atomic E-state index is 7.25. The van der Waals surface area contributed by atoms with E-state index in [0.29, 0.717) is 0 Å². The third kappa shape index (κ3) is 3370. The van der Waals surface area contributed by atoms with Gasteiger partial charge in [-0.25, -0.2) is 0 Å². The second-order valence-corrected chi connectivity index (χ2v) is 0. The van der Waals surface area contributed by atoms with Gasteiger partial charge in [-0.1, -0.05) is 0 Å². The van der Waals surface area contributed by atoms with Crippen LogP contribution in [0.15, 0.2) is 0 Å². The van der Waals surface area contributed by atoms with Crippen molar-refractivity contribution in [1.82, 2.24) is 30.8 Å². The normalized spacial score (nSPS) is 0.444. The molecule has 15 N–H and O–H groups in total. The molecule has 0 aliphatic heterocycles. The van der Waals surface area contributed by atoms with Crippen LogP contribution in [-0.2, 0) is 19.5 Å². The molecule has 9 heavy (non-hydrogen) atoms. The van der Waals surface area contributed by atoms with Crippen molar-refractivity contribution in [2.75, 3.05) is 0 Å². The van der Waals surface area contributed by atoms with E-state index >= 15 is 0 Å². The third-order valence-electron chi connectivity index (χ3n) is 0. The largest absolute Gasteiger partial charge is 1.00 e. The quantitative estimate of drug-likeness (QED) is 0.402. The second kappa shape index (κ2) is 4530. The van der Waals surface area contributed by atoms with Crippen LogP contribution in [0.2, 0.25) is 0 Å². The maximum Gasteiger partial charge on any atom is 1.00 e. The summed E-state index contributed by atoms with van der Waals surface area (Å²) in [6.07, 6.45) is 0. The van der Waals surface area contributed by atoms with Gasteiger partial charge >= 0.3 is 19.5 Å². The fraction of sp³-hybridized carbons (Fsp3) is 0. The Morgan fingerprint density at radius 2 is 0.667 bits per heavy atom. The topological polar surface area (TPSA) is 214 Å². The number of hydrogen-bond acceptors (Lipinski definition) is 6. The van der Waals surface area contributed by atoms with Gasteiger partial charge in [0.25, 0.3) is 0 Å². The van der Waals surface area contributed by atoms with Crippen LogP contribution >= 0.6 is 12.4 Å². The van der Waals surface area contributed by atoms with Crippen molar-refractivity contribution in [3.8, 4) is 0 Å². The summed E-state index contributed by atoms with van der Waals surface area (Å²) in [5.74, 6) is 0. The van der Waals surface area contributed by atoms with Crippen LogP contribution in [-0.4, -0.2) is 0 Å². The molecule has 0 saturated heterocycles. The summed E-state index contributed by atoms with van der Waals surface area (Å²) < 4.78 is 0. The third-order valence-corrected chi connectivity index (χ3v) is 0. The van der Waals surface area contributed by atoms with E-state index in [1.54, 1.807) is 0 Å². The molecule has 0 aliphatic rings. The summed E-state index contributed by atoms with van der Waals surface area (Å²) in [5, 5.41) is 0. The molecule has 0 atom stereocenters. The zero-order valence-corrected chi connectivity index (χ0v) is 7.71. The molecule has 0 aromatic carbocycles. The molecule has 0 unspecified atom stereocenters. The van der Waals surface area contributed by atoms with E-state index in [-0.39, 0.29) is 62.6 Å². The Morgan fingerprint density at radius 1 is 0.667 bits per heavy atom. The van der Waals surface area contributed by atoms with Crippen molar-refractivity contribution < 1.29 is 19.5 Å². The van der Waals surface area contributed by atoms with Crippen molar-refractivity contribution in [3.63, 3.8) is 0 Å². The smallest absolute Gasteiger partial charge is 0.577 e. The minimum atomic E-state index is 0. The van der Waals surface area contributed by atoms with E-state index in [1.165, 1.54) is 0 Å². The summed E-state index contributed by atoms with van der Waals surface area (Å²) >= 11 is 0. The van der Waals surface area contributed by atoms with Gasteiger partial charge in [0.1, 0.15) is 0 Å². The van der Waals surface area contributed by atoms with Crippen LogP contribution in [0.5, 0.6) is 0 Å². The van der Waals surface area contributed by atoms with Crippen LogP contribution in [0, 0.1) is 4.91 Å². The summed E-state index contributed by atoms with van der Waals surface area (Å²) in [4.78, 5) is 7.25. The first-order valence-electron chi connectivity index (χ1n) is 0.183. The van der Waals surface area contributed by atoms with E-state index in [1.807, 2.05) is 0 Å². The molecule has 0 amide bonds. The van der Waals surface area contributed by atoms with Gasteiger partial charge in [0.15, 0.2) is 0 Å². The zero-order chi connectivity index (χ0) is 2.00. The molecule has 0 saturated carbocycles. The Kier molecular flexibility index (Phi) is 188000. The Hall–Kier alpha value is 0.313. The maximum atomic E-state index is 7.25. The van der Waals surface area contributed by atoms with Crippen molar-refractivity contribution >= 4 is 12.4 Å². The minimum absolute atomic E-state index is 0. The average molecular weight is 253 g/mol. The Balaban J connectivity index is -0.000000000238. The van der Waals surface area contributed by atoms with Crippen LogP contribution in [0.3, 0.4) is 0 Å². The van der Waals surface area contributed by atoms with Gasteiger partial charge in [-0.05, 0) is 0 Å². The molecule has 0 aromatic heterocycles. The number of nitrogens with zero attached hydrogens (tertiary/aromatic N) is 1. The van der Waals surface area contributed by atoms with E-state index in [2.05, 4.69) is 0 Å². The van der Waals surface area contributed by atoms with Gasteiger partial charge in [0, 0.05) is 0 Å². The van der Waals surface area contributed by atoms with Crippen LogP contribution in [0.4, 0.5) is 0 Å². The van der Waals surface area contributed by atoms with Gasteiger partial charge in [-0.2, -0.15) is 0 Å². The molecule has 7 nitrogen and oxygen atoms in total. The minimum Gasteiger partial charge on any atom is -0.577 e. The molecule has 9 heteroatoms. The summed E-state index contributed by atoms with van der Waals surface area (Å²) in [7, 11) is 0. The molecule has 67 valence electrons. The fourth-order valence-electron chi connectivity index (χ4n) is 0. The number of hydrogen-bond donors (Lipinski definition) is 5. The first-order valence-corrected chi connectivity index (χ1v) is 0.183. The molecule has 0 aliphatic carbocycles. The summed E-state index contributed by atoms with van der Waals surface area (Å²) in [5.41, 5.74) is 5.75. The van der Waals surface area contributed by atoms with Crippen molar-refractivity contribution in [1.29, 1.82) is 0 Å². The zero-order valence-electron chi connectivity index (χ0n) is 5.15. The number of nitroso groups, excluding NO2 is 1. The van der Waals surface area contributed by atoms with Crippen LogP contribution in [0.25, 0.3) is 5.59 Å². The van der Waals surface area contributed by atoms with Gasteiger partial charge in [-0.3, -0.25) is 0 Å². The molecular formula is H16ClN6ORu. The fourth-order valence-corrected chi connectivity index (χ4v) is 0. The second-order valence-electron chi connectivity index (χ2n) is 0. The van der Waals surface area contributed by atoms with Crippen LogP contribution in [0.1, 0.15) is 0 Å². The van der Waals surface area contributed by atoms with Crippen molar-refractivity contribution in [2.24, 2.45) is 0 Å². The molecule has 0 spiro atoms. The molecule has 0 rings (SSSR count). The number of halogens is 1. The van der Waals surface area contributed by atoms with Gasteiger partial charge in [0.2, 0.25) is 0 Å². The van der Waals surface area contributed by atoms with E-state index in [9.17, 15) is 0 Å². The Labute approximate surface area is 73.6 Å². The molecule has 0 fully saturated rings. The van der Waals surface area contributed by atoms with Crippen molar-refractivity contribution in [2.45, 2.75) is 0 Å². The van der Waals surface area contributed by atoms with Gasteiger partial charge in [0.05, 0.1) is 0 Å². The van der Waals surface area contributed by atoms with E-state index in [4.69, 9.17) is 10.5 Å². The molecule has 0 aromatic rings. The first kappa shape index (κ1) is 373. The van der Waals surface area contributed by atoms with Gasteiger partial charge in [-0.15, -0.1) is 12.4 Å². The van der Waals surface area contributed by atoms with Gasteiger partial charge < -0.3 is 41.3 Å². The average Bonchev–Trinajstić information content (AvgIpc) is 1.00. The monoisotopic (exact) mass is 253 g/mol. The molecular weight excluding hydrogens is 237 g/mol. The van der Waals surface area contributed by atoms with Crippen molar-refractivity contribution in [3.05, 3.63) is 10.5 Å². The number of rotatable bonds is 0. The first-order chi connectivity index (χ1) is 1.00. The molecule has 0 heterocycles. The molecule has 1 radical (unpaired) electrons. The molecule has 0 bridgehead atoms.